The molecule has 0 saturated carbocycles. The molecule has 2 atom stereocenters. The maximum Gasteiger partial charge on any atom is 0.338 e. The summed E-state index contributed by atoms with van der Waals surface area (Å²) in [5, 5.41) is -0.104. The molecule has 1 rings (SSSR count). The SMILES string of the molecule is CCC(C)SP(=O)(N(C)C=O)N(C)C(=O)NS(=O)(=O)c1ccc(C)cc1. The van der Waals surface area contributed by atoms with Gasteiger partial charge in [-0.15, -0.1) is 0 Å². The van der Waals surface area contributed by atoms with Crippen LogP contribution in [0.15, 0.2) is 29.2 Å². The summed E-state index contributed by atoms with van der Waals surface area (Å²) < 4.78 is 41.6. The van der Waals surface area contributed by atoms with Crippen molar-refractivity contribution in [1.82, 2.24) is 14.1 Å². The van der Waals surface area contributed by atoms with Gasteiger partial charge in [-0.25, -0.2) is 17.9 Å². The summed E-state index contributed by atoms with van der Waals surface area (Å²) in [7, 11) is -1.63. The van der Waals surface area contributed by atoms with Crippen molar-refractivity contribution in [3.8, 4) is 0 Å². The number of benzene rings is 1. The molecule has 0 aromatic heterocycles. The van der Waals surface area contributed by atoms with Gasteiger partial charge in [0.1, 0.15) is 0 Å². The number of urea groups is 1. The van der Waals surface area contributed by atoms with E-state index in [2.05, 4.69) is 0 Å². The van der Waals surface area contributed by atoms with Gasteiger partial charge < -0.3 is 0 Å². The lowest BCUT2D eigenvalue weighted by Crippen LogP contribution is -2.41. The lowest BCUT2D eigenvalue weighted by atomic mass is 10.2. The molecule has 2 unspecified atom stereocenters. The van der Waals surface area contributed by atoms with Crippen molar-refractivity contribution in [3.63, 3.8) is 0 Å². The number of carbonyl (C=O) groups is 2. The predicted octanol–water partition coefficient (Wildman–Crippen LogP) is 3.05. The Morgan fingerprint density at radius 2 is 1.85 bits per heavy atom. The molecule has 26 heavy (non-hydrogen) atoms. The van der Waals surface area contributed by atoms with E-state index >= 15 is 0 Å². The summed E-state index contributed by atoms with van der Waals surface area (Å²) in [5.74, 6) is 0. The van der Waals surface area contributed by atoms with Crippen molar-refractivity contribution < 1.29 is 22.6 Å². The fourth-order valence-corrected chi connectivity index (χ4v) is 7.64. The maximum absolute atomic E-state index is 13.2. The van der Waals surface area contributed by atoms with Gasteiger partial charge in [0, 0.05) is 19.3 Å². The first-order valence-corrected chi connectivity index (χ1v) is 12.4. The molecule has 0 aliphatic heterocycles. The Kier molecular flexibility index (Phi) is 7.73. The number of hydrogen-bond donors (Lipinski definition) is 1. The van der Waals surface area contributed by atoms with Gasteiger partial charge in [-0.1, -0.05) is 42.9 Å². The first-order valence-electron chi connectivity index (χ1n) is 7.82. The molecule has 0 radical (unpaired) electrons. The summed E-state index contributed by atoms with van der Waals surface area (Å²) in [5.41, 5.74) is 0.870. The van der Waals surface area contributed by atoms with Crippen molar-refractivity contribution in [1.29, 1.82) is 0 Å². The maximum atomic E-state index is 13.2. The van der Waals surface area contributed by atoms with Crippen LogP contribution in [-0.4, -0.2) is 49.5 Å². The molecular formula is C15H24N3O5PS2. The van der Waals surface area contributed by atoms with Gasteiger partial charge in [0.15, 0.2) is 0 Å². The lowest BCUT2D eigenvalue weighted by molar-refractivity contribution is -0.113. The van der Waals surface area contributed by atoms with E-state index in [1.165, 1.54) is 26.2 Å². The molecule has 0 bridgehead atoms. The fraction of sp³-hybridized carbons (Fsp3) is 0.467. The van der Waals surface area contributed by atoms with E-state index < -0.39 is 22.7 Å². The van der Waals surface area contributed by atoms with E-state index in [0.717, 1.165) is 26.3 Å². The Balaban J connectivity index is 3.10. The average molecular weight is 421 g/mol. The first-order chi connectivity index (χ1) is 12.0. The predicted molar refractivity (Wildman–Crippen MR) is 103 cm³/mol. The minimum atomic E-state index is -4.13. The molecule has 146 valence electrons. The van der Waals surface area contributed by atoms with Gasteiger partial charge in [0.2, 0.25) is 6.41 Å². The fourth-order valence-electron chi connectivity index (χ4n) is 1.80. The van der Waals surface area contributed by atoms with Gasteiger partial charge in [-0.2, -0.15) is 0 Å². The first kappa shape index (κ1) is 22.5. The molecule has 3 amide bonds. The second kappa shape index (κ2) is 8.92. The summed E-state index contributed by atoms with van der Waals surface area (Å²) in [4.78, 5) is 23.5. The number of aryl methyl sites for hydroxylation is 1. The van der Waals surface area contributed by atoms with Crippen LogP contribution in [0.3, 0.4) is 0 Å². The Morgan fingerprint density at radius 1 is 1.31 bits per heavy atom. The molecule has 0 saturated heterocycles. The van der Waals surface area contributed by atoms with E-state index in [1.807, 2.05) is 18.6 Å². The van der Waals surface area contributed by atoms with Crippen LogP contribution in [0.2, 0.25) is 0 Å². The summed E-state index contributed by atoms with van der Waals surface area (Å²) in [6.45, 7) is 1.82. The van der Waals surface area contributed by atoms with Crippen molar-refractivity contribution in [2.75, 3.05) is 14.1 Å². The van der Waals surface area contributed by atoms with Gasteiger partial charge in [0.05, 0.1) is 4.90 Å². The molecular weight excluding hydrogens is 397 g/mol. The van der Waals surface area contributed by atoms with Crippen LogP contribution in [0.25, 0.3) is 0 Å². The summed E-state index contributed by atoms with van der Waals surface area (Å²) >= 11 is 0.960. The zero-order valence-corrected chi connectivity index (χ0v) is 17.9. The Labute approximate surface area is 158 Å². The Bertz CT molecular complexity index is 798. The number of carbonyl (C=O) groups excluding carboxylic acids is 2. The van der Waals surface area contributed by atoms with Crippen LogP contribution < -0.4 is 4.72 Å². The van der Waals surface area contributed by atoms with Crippen LogP contribution >= 0.6 is 18.0 Å². The highest BCUT2D eigenvalue weighted by molar-refractivity contribution is 8.57. The van der Waals surface area contributed by atoms with Crippen LogP contribution in [0.5, 0.6) is 0 Å². The highest BCUT2D eigenvalue weighted by atomic mass is 32.7. The third kappa shape index (κ3) is 5.25. The highest BCUT2D eigenvalue weighted by Crippen LogP contribution is 2.64. The van der Waals surface area contributed by atoms with Crippen molar-refractivity contribution in [3.05, 3.63) is 29.8 Å². The minimum absolute atomic E-state index is 0.0852. The van der Waals surface area contributed by atoms with Gasteiger partial charge in [0.25, 0.3) is 10.0 Å². The highest BCUT2D eigenvalue weighted by Gasteiger charge is 2.39. The molecule has 8 nitrogen and oxygen atoms in total. The van der Waals surface area contributed by atoms with E-state index in [-0.39, 0.29) is 10.1 Å². The number of amides is 3. The van der Waals surface area contributed by atoms with Gasteiger partial charge in [-0.3, -0.25) is 18.7 Å². The zero-order chi connectivity index (χ0) is 20.1. The van der Waals surface area contributed by atoms with Crippen LogP contribution in [0.1, 0.15) is 25.8 Å². The average Bonchev–Trinajstić information content (AvgIpc) is 2.59. The van der Waals surface area contributed by atoms with E-state index in [4.69, 9.17) is 0 Å². The molecule has 1 N–H and O–H groups in total. The molecule has 11 heteroatoms. The third-order valence-corrected chi connectivity index (χ3v) is 11.2. The number of nitrogens with zero attached hydrogens (tertiary/aromatic N) is 2. The third-order valence-electron chi connectivity index (χ3n) is 3.67. The molecule has 1 aromatic rings. The monoisotopic (exact) mass is 421 g/mol. The second-order valence-corrected chi connectivity index (χ2v) is 12.7. The van der Waals surface area contributed by atoms with E-state index in [9.17, 15) is 22.6 Å². The zero-order valence-electron chi connectivity index (χ0n) is 15.4. The van der Waals surface area contributed by atoms with Gasteiger partial charge in [-0.05, 0) is 25.5 Å². The Hall–Kier alpha value is -1.51. The number of rotatable bonds is 8. The number of sulfonamides is 1. The minimum Gasteiger partial charge on any atom is -0.278 e. The van der Waals surface area contributed by atoms with Crippen LogP contribution in [-0.2, 0) is 19.4 Å². The van der Waals surface area contributed by atoms with Gasteiger partial charge >= 0.3 is 12.7 Å². The van der Waals surface area contributed by atoms with Crippen molar-refractivity contribution >= 4 is 40.5 Å². The molecule has 0 spiro atoms. The molecule has 1 aromatic carbocycles. The van der Waals surface area contributed by atoms with Crippen molar-refractivity contribution in [2.45, 2.75) is 37.3 Å². The van der Waals surface area contributed by atoms with E-state index in [1.54, 1.807) is 19.1 Å². The summed E-state index contributed by atoms with van der Waals surface area (Å²) in [6, 6.07) is 4.88. The normalized spacial score (nSPS) is 14.8. The Morgan fingerprint density at radius 3 is 2.31 bits per heavy atom. The molecule has 0 aliphatic rings. The topological polar surface area (TPSA) is 104 Å². The lowest BCUT2D eigenvalue weighted by Gasteiger charge is -2.33. The van der Waals surface area contributed by atoms with Crippen molar-refractivity contribution in [2.24, 2.45) is 0 Å². The summed E-state index contributed by atoms with van der Waals surface area (Å²) in [6.07, 6.45) is 1.02. The van der Waals surface area contributed by atoms with E-state index in [0.29, 0.717) is 12.8 Å². The van der Waals surface area contributed by atoms with Crippen LogP contribution in [0, 0.1) is 6.92 Å². The van der Waals surface area contributed by atoms with Crippen LogP contribution in [0.4, 0.5) is 4.79 Å². The second-order valence-electron chi connectivity index (χ2n) is 5.74. The quantitative estimate of drug-likeness (QED) is 0.511. The molecule has 0 aliphatic carbocycles. The number of hydrogen-bond acceptors (Lipinski definition) is 6. The molecule has 0 fully saturated rings. The molecule has 0 heterocycles. The standard InChI is InChI=1S/C15H24N3O5PS2/c1-6-13(3)25-24(21,17(4)11-19)18(5)15(20)16-26(22,23)14-9-7-12(2)8-10-14/h7-11,13H,6H2,1-5H3,(H,16,20). The smallest absolute Gasteiger partial charge is 0.278 e. The number of nitrogens with one attached hydrogen (secondary N) is 1. The largest absolute Gasteiger partial charge is 0.338 e.